The Hall–Kier alpha value is -2.08. The van der Waals surface area contributed by atoms with Crippen molar-refractivity contribution in [3.8, 4) is 11.4 Å². The monoisotopic (exact) mass is 370 g/mol. The molecule has 5 nitrogen and oxygen atoms in total. The van der Waals surface area contributed by atoms with Crippen molar-refractivity contribution >= 4 is 17.7 Å². The highest BCUT2D eigenvalue weighted by atomic mass is 32.2. The maximum absolute atomic E-state index is 12.8. The van der Waals surface area contributed by atoms with Gasteiger partial charge in [-0.3, -0.25) is 9.36 Å². The van der Waals surface area contributed by atoms with Crippen LogP contribution in [-0.2, 0) is 11.3 Å². The molecule has 1 aliphatic heterocycles. The topological polar surface area (TPSA) is 51.0 Å². The van der Waals surface area contributed by atoms with Crippen molar-refractivity contribution < 1.29 is 4.79 Å². The Morgan fingerprint density at radius 1 is 1.23 bits per heavy atom. The Bertz CT molecular complexity index is 748. The minimum Gasteiger partial charge on any atom is -0.337 e. The van der Waals surface area contributed by atoms with Crippen molar-refractivity contribution in [2.75, 3.05) is 5.75 Å². The van der Waals surface area contributed by atoms with E-state index in [2.05, 4.69) is 30.6 Å². The molecule has 3 rings (SSSR count). The molecule has 2 atom stereocenters. The van der Waals surface area contributed by atoms with Crippen LogP contribution in [0.4, 0.5) is 0 Å². The van der Waals surface area contributed by atoms with Gasteiger partial charge >= 0.3 is 0 Å². The van der Waals surface area contributed by atoms with Crippen LogP contribution in [-0.4, -0.2) is 43.4 Å². The Morgan fingerprint density at radius 3 is 2.58 bits per heavy atom. The lowest BCUT2D eigenvalue weighted by Crippen LogP contribution is -2.48. The Balaban J connectivity index is 1.74. The Kier molecular flexibility index (Phi) is 6.14. The maximum Gasteiger partial charge on any atom is 0.233 e. The maximum atomic E-state index is 12.8. The molecule has 1 aliphatic rings. The van der Waals surface area contributed by atoms with Crippen molar-refractivity contribution in [3.05, 3.63) is 43.0 Å². The highest BCUT2D eigenvalue weighted by Crippen LogP contribution is 2.27. The van der Waals surface area contributed by atoms with Crippen molar-refractivity contribution in [1.82, 2.24) is 19.7 Å². The molecule has 0 spiro atoms. The van der Waals surface area contributed by atoms with Crippen molar-refractivity contribution in [2.45, 2.75) is 56.9 Å². The number of thioether (sulfide) groups is 1. The zero-order valence-electron chi connectivity index (χ0n) is 15.5. The van der Waals surface area contributed by atoms with Crippen LogP contribution in [0.2, 0.25) is 0 Å². The zero-order chi connectivity index (χ0) is 18.5. The van der Waals surface area contributed by atoms with E-state index in [0.29, 0.717) is 24.4 Å². The Morgan fingerprint density at radius 2 is 1.92 bits per heavy atom. The molecule has 6 heteroatoms. The van der Waals surface area contributed by atoms with Gasteiger partial charge in [0.2, 0.25) is 5.91 Å². The van der Waals surface area contributed by atoms with Gasteiger partial charge in [-0.2, -0.15) is 0 Å². The van der Waals surface area contributed by atoms with E-state index in [1.54, 1.807) is 0 Å². The van der Waals surface area contributed by atoms with Crippen LogP contribution >= 0.6 is 11.8 Å². The second-order valence-corrected chi connectivity index (χ2v) is 7.73. The standard InChI is InChI=1S/C20H26N4OS/c1-4-13-23-19(17-11-6-5-7-12-17)21-22-20(23)26-14-18(25)24-15(2)9-8-10-16(24)3/h4-7,11-12,15-16H,1,8-10,13-14H2,2-3H3. The second-order valence-electron chi connectivity index (χ2n) is 6.79. The summed E-state index contributed by atoms with van der Waals surface area (Å²) in [6.45, 7) is 8.74. The average molecular weight is 371 g/mol. The largest absolute Gasteiger partial charge is 0.337 e. The fourth-order valence-corrected chi connectivity index (χ4v) is 4.42. The predicted octanol–water partition coefficient (Wildman–Crippen LogP) is 4.01. The third-order valence-electron chi connectivity index (χ3n) is 4.87. The molecule has 138 valence electrons. The first-order valence-electron chi connectivity index (χ1n) is 9.15. The normalized spacial score (nSPS) is 20.2. The van der Waals surface area contributed by atoms with Gasteiger partial charge < -0.3 is 4.90 Å². The summed E-state index contributed by atoms with van der Waals surface area (Å²) in [5.41, 5.74) is 1.01. The number of nitrogens with zero attached hydrogens (tertiary/aromatic N) is 4. The number of piperidine rings is 1. The highest BCUT2D eigenvalue weighted by molar-refractivity contribution is 7.99. The first-order chi connectivity index (χ1) is 12.6. The van der Waals surface area contributed by atoms with E-state index in [1.165, 1.54) is 18.2 Å². The van der Waals surface area contributed by atoms with E-state index < -0.39 is 0 Å². The van der Waals surface area contributed by atoms with E-state index in [4.69, 9.17) is 0 Å². The summed E-state index contributed by atoms with van der Waals surface area (Å²) in [7, 11) is 0. The molecule has 1 fully saturated rings. The molecular weight excluding hydrogens is 344 g/mol. The lowest BCUT2D eigenvalue weighted by molar-refractivity contribution is -0.134. The van der Waals surface area contributed by atoms with Crippen LogP contribution in [0.1, 0.15) is 33.1 Å². The van der Waals surface area contributed by atoms with E-state index in [0.717, 1.165) is 29.4 Å². The molecule has 1 amide bonds. The first-order valence-corrected chi connectivity index (χ1v) is 10.1. The molecule has 0 radical (unpaired) electrons. The lowest BCUT2D eigenvalue weighted by atomic mass is 9.98. The number of amides is 1. The van der Waals surface area contributed by atoms with Gasteiger partial charge in [0.1, 0.15) is 0 Å². The van der Waals surface area contributed by atoms with E-state index in [-0.39, 0.29) is 5.91 Å². The van der Waals surface area contributed by atoms with Crippen molar-refractivity contribution in [1.29, 1.82) is 0 Å². The van der Waals surface area contributed by atoms with Gasteiger partial charge in [-0.15, -0.1) is 16.8 Å². The summed E-state index contributed by atoms with van der Waals surface area (Å²) in [4.78, 5) is 14.8. The molecule has 0 aliphatic carbocycles. The van der Waals surface area contributed by atoms with Gasteiger partial charge in [0, 0.05) is 24.2 Å². The molecule has 0 N–H and O–H groups in total. The number of likely N-dealkylation sites (tertiary alicyclic amines) is 1. The number of hydrogen-bond donors (Lipinski definition) is 0. The number of allylic oxidation sites excluding steroid dienone is 1. The number of carbonyl (C=O) groups is 1. The molecule has 2 unspecified atom stereocenters. The quantitative estimate of drug-likeness (QED) is 0.569. The number of rotatable bonds is 6. The van der Waals surface area contributed by atoms with Gasteiger partial charge in [-0.05, 0) is 33.1 Å². The average Bonchev–Trinajstić information content (AvgIpc) is 3.03. The van der Waals surface area contributed by atoms with Gasteiger partial charge in [0.05, 0.1) is 5.75 Å². The SMILES string of the molecule is C=CCn1c(SCC(=O)N2C(C)CCCC2C)nnc1-c1ccccc1. The van der Waals surface area contributed by atoms with Crippen molar-refractivity contribution in [2.24, 2.45) is 0 Å². The second kappa shape index (κ2) is 8.54. The molecule has 1 saturated heterocycles. The molecule has 26 heavy (non-hydrogen) atoms. The molecular formula is C20H26N4OS. The fraction of sp³-hybridized carbons (Fsp3) is 0.450. The zero-order valence-corrected chi connectivity index (χ0v) is 16.3. The van der Waals surface area contributed by atoms with Crippen LogP contribution in [0.25, 0.3) is 11.4 Å². The summed E-state index contributed by atoms with van der Waals surface area (Å²) in [5.74, 6) is 1.38. The van der Waals surface area contributed by atoms with Gasteiger partial charge in [-0.25, -0.2) is 0 Å². The van der Waals surface area contributed by atoms with Crippen LogP contribution in [0.3, 0.4) is 0 Å². The van der Waals surface area contributed by atoms with Crippen LogP contribution in [0, 0.1) is 0 Å². The third-order valence-corrected chi connectivity index (χ3v) is 5.82. The van der Waals surface area contributed by atoms with Crippen LogP contribution in [0.15, 0.2) is 48.1 Å². The smallest absolute Gasteiger partial charge is 0.233 e. The summed E-state index contributed by atoms with van der Waals surface area (Å²) in [6, 6.07) is 10.6. The summed E-state index contributed by atoms with van der Waals surface area (Å²) < 4.78 is 2.02. The number of carbonyl (C=O) groups excluding carboxylic acids is 1. The van der Waals surface area contributed by atoms with Crippen LogP contribution in [0.5, 0.6) is 0 Å². The first kappa shape index (κ1) is 18.7. The summed E-state index contributed by atoms with van der Waals surface area (Å²) in [5, 5.41) is 9.43. The van der Waals surface area contributed by atoms with Gasteiger partial charge in [-0.1, -0.05) is 48.2 Å². The third kappa shape index (κ3) is 4.01. The summed E-state index contributed by atoms with van der Waals surface area (Å²) >= 11 is 1.46. The van der Waals surface area contributed by atoms with E-state index >= 15 is 0 Å². The molecule has 1 aromatic carbocycles. The van der Waals surface area contributed by atoms with Crippen LogP contribution < -0.4 is 0 Å². The molecule has 0 bridgehead atoms. The van der Waals surface area contributed by atoms with Crippen molar-refractivity contribution in [3.63, 3.8) is 0 Å². The molecule has 2 heterocycles. The van der Waals surface area contributed by atoms with Gasteiger partial charge in [0.25, 0.3) is 0 Å². The number of hydrogen-bond acceptors (Lipinski definition) is 4. The predicted molar refractivity (Wildman–Crippen MR) is 106 cm³/mol. The Labute approximate surface area is 159 Å². The fourth-order valence-electron chi connectivity index (χ4n) is 3.60. The molecule has 1 aromatic heterocycles. The highest BCUT2D eigenvalue weighted by Gasteiger charge is 2.29. The lowest BCUT2D eigenvalue weighted by Gasteiger charge is -2.39. The van der Waals surface area contributed by atoms with Gasteiger partial charge in [0.15, 0.2) is 11.0 Å². The molecule has 0 saturated carbocycles. The molecule has 2 aromatic rings. The summed E-state index contributed by atoms with van der Waals surface area (Å²) in [6.07, 6.45) is 5.21. The minimum absolute atomic E-state index is 0.184. The minimum atomic E-state index is 0.184. The number of aromatic nitrogens is 3. The van der Waals surface area contributed by atoms with E-state index in [9.17, 15) is 4.79 Å². The van der Waals surface area contributed by atoms with E-state index in [1.807, 2.05) is 45.9 Å². The number of benzene rings is 1.